The zero-order chi connectivity index (χ0) is 20.1. The first-order valence-electron chi connectivity index (χ1n) is 12.8. The van der Waals surface area contributed by atoms with E-state index >= 15 is 0 Å². The van der Waals surface area contributed by atoms with Crippen molar-refractivity contribution in [2.45, 2.75) is 140 Å². The summed E-state index contributed by atoms with van der Waals surface area (Å²) in [5, 5.41) is 1.62. The van der Waals surface area contributed by atoms with Crippen LogP contribution in [-0.4, -0.2) is 22.0 Å². The topological polar surface area (TPSA) is 0 Å². The molecule has 1 rings (SSSR count). The quantitative estimate of drug-likeness (QED) is 0.178. The molecule has 0 spiro atoms. The van der Waals surface area contributed by atoms with Crippen molar-refractivity contribution in [1.29, 1.82) is 0 Å². The molecule has 166 valence electrons. The van der Waals surface area contributed by atoms with Crippen molar-refractivity contribution in [3.63, 3.8) is 0 Å². The maximum atomic E-state index is 2.63. The minimum Gasteiger partial charge on any atom is -0.158 e. The molecule has 0 heterocycles. The molecule has 0 aliphatic heterocycles. The fourth-order valence-corrected chi connectivity index (χ4v) is 6.31. The van der Waals surface area contributed by atoms with E-state index in [1.54, 1.807) is 0 Å². The summed E-state index contributed by atoms with van der Waals surface area (Å²) in [6, 6.07) is 0. The van der Waals surface area contributed by atoms with E-state index in [1.807, 2.05) is 0 Å². The maximum Gasteiger partial charge on any atom is 0.00819 e. The molecule has 1 aliphatic rings. The first kappa shape index (κ1) is 26.7. The summed E-state index contributed by atoms with van der Waals surface area (Å²) in [5.41, 5.74) is 0. The number of hydrogen-bond donors (Lipinski definition) is 0. The van der Waals surface area contributed by atoms with Crippen molar-refractivity contribution in [3.05, 3.63) is 12.8 Å². The zero-order valence-corrected chi connectivity index (χ0v) is 20.9. The molecule has 28 heavy (non-hydrogen) atoms. The Balaban J connectivity index is 1.81. The van der Waals surface area contributed by atoms with Crippen LogP contribution in [0.15, 0.2) is 0 Å². The van der Waals surface area contributed by atoms with Crippen LogP contribution in [0, 0.1) is 12.8 Å². The Morgan fingerprint density at radius 2 is 0.821 bits per heavy atom. The molecule has 1 aliphatic carbocycles. The first-order valence-corrected chi connectivity index (χ1v) is 14.9. The number of hydrogen-bond acceptors (Lipinski definition) is 2. The van der Waals surface area contributed by atoms with Crippen molar-refractivity contribution >= 4 is 23.5 Å². The molecule has 1 saturated carbocycles. The average molecular weight is 427 g/mol. The molecule has 0 saturated heterocycles. The van der Waals surface area contributed by atoms with E-state index < -0.39 is 0 Å². The highest BCUT2D eigenvalue weighted by atomic mass is 32.2. The highest BCUT2D eigenvalue weighted by Gasteiger charge is 2.21. The molecule has 0 N–H and O–H groups in total. The Kier molecular flexibility index (Phi) is 20.0. The zero-order valence-electron chi connectivity index (χ0n) is 19.3. The number of unbranched alkanes of at least 4 members (excludes halogenated alkanes) is 14. The van der Waals surface area contributed by atoms with Gasteiger partial charge in [0.15, 0.2) is 0 Å². The van der Waals surface area contributed by atoms with Crippen LogP contribution >= 0.6 is 23.5 Å². The smallest absolute Gasteiger partial charge is 0.00819 e. The normalized spacial score (nSPS) is 19.9. The Labute approximate surface area is 187 Å². The summed E-state index contributed by atoms with van der Waals surface area (Å²) in [6.07, 6.45) is 30.9. The summed E-state index contributed by atoms with van der Waals surface area (Å²) in [7, 11) is 0. The van der Waals surface area contributed by atoms with Gasteiger partial charge in [-0.05, 0) is 50.0 Å². The van der Waals surface area contributed by atoms with Gasteiger partial charge in [-0.25, -0.2) is 0 Å². The van der Waals surface area contributed by atoms with E-state index in [-0.39, 0.29) is 0 Å². The second-order valence-corrected chi connectivity index (χ2v) is 11.4. The van der Waals surface area contributed by atoms with Gasteiger partial charge in [0.1, 0.15) is 0 Å². The summed E-state index contributed by atoms with van der Waals surface area (Å²) in [6.45, 7) is 4.60. The van der Waals surface area contributed by atoms with Gasteiger partial charge in [0.25, 0.3) is 0 Å². The predicted molar refractivity (Wildman–Crippen MR) is 136 cm³/mol. The Morgan fingerprint density at radius 1 is 0.500 bits per heavy atom. The van der Waals surface area contributed by atoms with Crippen molar-refractivity contribution in [3.8, 4) is 0 Å². The lowest BCUT2D eigenvalue weighted by molar-refractivity contribution is 0.586. The van der Waals surface area contributed by atoms with Crippen LogP contribution in [-0.2, 0) is 0 Å². The highest BCUT2D eigenvalue weighted by molar-refractivity contribution is 8.00. The van der Waals surface area contributed by atoms with Crippen LogP contribution in [0.2, 0.25) is 0 Å². The van der Waals surface area contributed by atoms with E-state index in [0.717, 1.165) is 10.5 Å². The van der Waals surface area contributed by atoms with E-state index in [0.29, 0.717) is 0 Å². The molecule has 0 amide bonds. The third-order valence-corrected chi connectivity index (χ3v) is 8.60. The molecule has 2 atom stereocenters. The minimum absolute atomic E-state index is 0.810. The molecular formula is C26H50S2. The lowest BCUT2D eigenvalue weighted by Gasteiger charge is -2.27. The summed E-state index contributed by atoms with van der Waals surface area (Å²) >= 11 is 4.44. The Hall–Kier alpha value is 0.700. The van der Waals surface area contributed by atoms with Crippen molar-refractivity contribution < 1.29 is 0 Å². The monoisotopic (exact) mass is 426 g/mol. The fraction of sp³-hybridized carbons (Fsp3) is 0.923. The second kappa shape index (κ2) is 21.0. The van der Waals surface area contributed by atoms with Crippen molar-refractivity contribution in [2.24, 2.45) is 0 Å². The van der Waals surface area contributed by atoms with Crippen LogP contribution < -0.4 is 0 Å². The van der Waals surface area contributed by atoms with Crippen LogP contribution in [0.25, 0.3) is 0 Å². The van der Waals surface area contributed by atoms with E-state index in [1.165, 1.54) is 127 Å². The van der Waals surface area contributed by atoms with E-state index in [2.05, 4.69) is 50.2 Å². The van der Waals surface area contributed by atoms with Gasteiger partial charge < -0.3 is 0 Å². The average Bonchev–Trinajstić information content (AvgIpc) is 2.72. The lowest BCUT2D eigenvalue weighted by atomic mass is 10.00. The molecule has 0 bridgehead atoms. The van der Waals surface area contributed by atoms with Crippen LogP contribution in [0.5, 0.6) is 0 Å². The molecule has 2 unspecified atom stereocenters. The van der Waals surface area contributed by atoms with Crippen molar-refractivity contribution in [1.82, 2.24) is 0 Å². The molecular weight excluding hydrogens is 376 g/mol. The van der Waals surface area contributed by atoms with Gasteiger partial charge in [-0.15, -0.1) is 0 Å². The standard InChI is InChI=1S/C26H50S2/c1-3-5-7-9-11-13-15-17-23-27-25-19-21-26(22-20-25)28-24-18-16-14-12-10-8-6-4-2/h19,22,25-26H,3-18,20-21,23-24H2,1-2H3. The third-order valence-electron chi connectivity index (χ3n) is 5.92. The summed E-state index contributed by atoms with van der Waals surface area (Å²) in [4.78, 5) is 0. The first-order chi connectivity index (χ1) is 13.9. The molecule has 0 nitrogen and oxygen atoms in total. The van der Waals surface area contributed by atoms with Crippen molar-refractivity contribution in [2.75, 3.05) is 11.5 Å². The molecule has 0 aromatic heterocycles. The third kappa shape index (κ3) is 16.5. The second-order valence-electron chi connectivity index (χ2n) is 8.71. The van der Waals surface area contributed by atoms with Gasteiger partial charge in [0.2, 0.25) is 0 Å². The van der Waals surface area contributed by atoms with Gasteiger partial charge in [0, 0.05) is 10.5 Å². The maximum absolute atomic E-state index is 2.63. The summed E-state index contributed by atoms with van der Waals surface area (Å²) in [5.74, 6) is 2.75. The van der Waals surface area contributed by atoms with Crippen LogP contribution in [0.1, 0.15) is 129 Å². The Bertz CT molecular complexity index is 267. The molecule has 0 aromatic carbocycles. The Morgan fingerprint density at radius 3 is 1.14 bits per heavy atom. The van der Waals surface area contributed by atoms with Gasteiger partial charge in [0.05, 0.1) is 0 Å². The lowest BCUT2D eigenvalue weighted by Crippen LogP contribution is -2.20. The van der Waals surface area contributed by atoms with Crippen LogP contribution in [0.3, 0.4) is 0 Å². The minimum atomic E-state index is 0.810. The largest absolute Gasteiger partial charge is 0.158 e. The van der Waals surface area contributed by atoms with E-state index in [9.17, 15) is 0 Å². The van der Waals surface area contributed by atoms with Gasteiger partial charge in [-0.1, -0.05) is 104 Å². The molecule has 1 fully saturated rings. The van der Waals surface area contributed by atoms with Gasteiger partial charge in [-0.3, -0.25) is 0 Å². The highest BCUT2D eigenvalue weighted by Crippen LogP contribution is 2.33. The number of thioether (sulfide) groups is 2. The fourth-order valence-electron chi connectivity index (χ4n) is 3.98. The van der Waals surface area contributed by atoms with E-state index in [4.69, 9.17) is 0 Å². The van der Waals surface area contributed by atoms with Gasteiger partial charge in [-0.2, -0.15) is 23.5 Å². The number of rotatable bonds is 20. The predicted octanol–water partition coefficient (Wildman–Crippen LogP) is 9.67. The van der Waals surface area contributed by atoms with Gasteiger partial charge >= 0.3 is 0 Å². The SMILES string of the molecule is CCCCCCCCCCSC1[CH]CC(SCCCCCCCCCC)[CH]C1. The summed E-state index contributed by atoms with van der Waals surface area (Å²) < 4.78 is 0. The molecule has 2 heteroatoms. The molecule has 2 radical (unpaired) electrons. The molecule has 0 aromatic rings. The van der Waals surface area contributed by atoms with Crippen LogP contribution in [0.4, 0.5) is 0 Å².